The van der Waals surface area contributed by atoms with Gasteiger partial charge in [0.2, 0.25) is 5.91 Å². The summed E-state index contributed by atoms with van der Waals surface area (Å²) in [6, 6.07) is 23.0. The number of primary amides is 1. The van der Waals surface area contributed by atoms with Crippen molar-refractivity contribution in [2.24, 2.45) is 5.73 Å². The lowest BCUT2D eigenvalue weighted by molar-refractivity contribution is -0.137. The highest BCUT2D eigenvalue weighted by Gasteiger charge is 2.12. The van der Waals surface area contributed by atoms with Crippen molar-refractivity contribution >= 4 is 11.9 Å². The Labute approximate surface area is 181 Å². The molecule has 0 heterocycles. The summed E-state index contributed by atoms with van der Waals surface area (Å²) in [6.45, 7) is 0.336. The fraction of sp³-hybridized carbons (Fsp3) is 0.200. The van der Waals surface area contributed by atoms with E-state index in [0.717, 1.165) is 11.1 Å². The van der Waals surface area contributed by atoms with Crippen molar-refractivity contribution in [3.8, 4) is 28.4 Å². The summed E-state index contributed by atoms with van der Waals surface area (Å²) in [4.78, 5) is 22.1. The Bertz CT molecular complexity index is 1030. The quantitative estimate of drug-likeness (QED) is 0.435. The van der Waals surface area contributed by atoms with E-state index < -0.39 is 11.9 Å². The van der Waals surface area contributed by atoms with Crippen LogP contribution >= 0.6 is 0 Å². The van der Waals surface area contributed by atoms with Crippen LogP contribution in [-0.2, 0) is 16.0 Å². The zero-order chi connectivity index (χ0) is 22.1. The summed E-state index contributed by atoms with van der Waals surface area (Å²) in [5.74, 6) is 0.477. The summed E-state index contributed by atoms with van der Waals surface area (Å²) >= 11 is 0. The molecule has 0 aromatic heterocycles. The van der Waals surface area contributed by atoms with E-state index in [2.05, 4.69) is 0 Å². The minimum Gasteiger partial charge on any atom is -0.493 e. The average Bonchev–Trinajstić information content (AvgIpc) is 2.75. The van der Waals surface area contributed by atoms with Crippen LogP contribution in [0.5, 0.6) is 17.2 Å². The number of ether oxygens (including phenoxy) is 2. The first-order chi connectivity index (χ1) is 15.0. The van der Waals surface area contributed by atoms with Crippen molar-refractivity contribution in [1.29, 1.82) is 0 Å². The monoisotopic (exact) mass is 419 g/mol. The largest absolute Gasteiger partial charge is 0.493 e. The molecule has 0 spiro atoms. The van der Waals surface area contributed by atoms with Crippen LogP contribution in [0.2, 0.25) is 0 Å². The van der Waals surface area contributed by atoms with E-state index in [-0.39, 0.29) is 12.8 Å². The summed E-state index contributed by atoms with van der Waals surface area (Å²) in [6.07, 6.45) is 1.24. The molecule has 0 atom stereocenters. The standard InChI is InChI=1S/C25H25NO5/c26-24(27)16-19-13-14-20(17-23(19)30-15-7-6-12-25(28)29)31-22-11-5-4-10-21(22)18-8-2-1-3-9-18/h1-5,8-11,13-14,17H,6-7,12,15-16H2,(H2,26,27)(H,28,29). The van der Waals surface area contributed by atoms with Crippen LogP contribution in [0.3, 0.4) is 0 Å². The first kappa shape index (κ1) is 21.9. The number of aliphatic carboxylic acids is 1. The molecule has 0 unspecified atom stereocenters. The molecule has 160 valence electrons. The zero-order valence-corrected chi connectivity index (χ0v) is 17.1. The number of carboxylic acid groups (broad SMARTS) is 1. The third-order valence-electron chi connectivity index (χ3n) is 4.65. The Morgan fingerprint density at radius 2 is 1.61 bits per heavy atom. The highest BCUT2D eigenvalue weighted by Crippen LogP contribution is 2.35. The van der Waals surface area contributed by atoms with Crippen molar-refractivity contribution in [2.75, 3.05) is 6.61 Å². The lowest BCUT2D eigenvalue weighted by atomic mass is 10.0. The second-order valence-electron chi connectivity index (χ2n) is 7.08. The van der Waals surface area contributed by atoms with E-state index in [9.17, 15) is 9.59 Å². The molecular formula is C25H25NO5. The molecule has 6 heteroatoms. The van der Waals surface area contributed by atoms with Crippen molar-refractivity contribution in [3.63, 3.8) is 0 Å². The molecule has 3 N–H and O–H groups in total. The topological polar surface area (TPSA) is 98.9 Å². The second kappa shape index (κ2) is 10.8. The molecule has 0 aliphatic rings. The molecule has 3 aromatic rings. The molecule has 0 radical (unpaired) electrons. The van der Waals surface area contributed by atoms with Gasteiger partial charge >= 0.3 is 5.97 Å². The van der Waals surface area contributed by atoms with Gasteiger partial charge in [0.05, 0.1) is 13.0 Å². The number of carbonyl (C=O) groups excluding carboxylic acids is 1. The lowest BCUT2D eigenvalue weighted by Crippen LogP contribution is -2.14. The number of unbranched alkanes of at least 4 members (excludes halogenated alkanes) is 1. The van der Waals surface area contributed by atoms with Crippen LogP contribution in [0.25, 0.3) is 11.1 Å². The third-order valence-corrected chi connectivity index (χ3v) is 4.65. The number of amides is 1. The van der Waals surface area contributed by atoms with Crippen LogP contribution in [0, 0.1) is 0 Å². The van der Waals surface area contributed by atoms with Crippen LogP contribution in [-0.4, -0.2) is 23.6 Å². The van der Waals surface area contributed by atoms with Gasteiger partial charge in [-0.2, -0.15) is 0 Å². The van der Waals surface area contributed by atoms with E-state index in [4.69, 9.17) is 20.3 Å². The van der Waals surface area contributed by atoms with Gasteiger partial charge in [0.15, 0.2) is 0 Å². The molecule has 6 nitrogen and oxygen atoms in total. The van der Waals surface area contributed by atoms with Gasteiger partial charge in [-0.3, -0.25) is 9.59 Å². The van der Waals surface area contributed by atoms with E-state index in [1.54, 1.807) is 18.2 Å². The fourth-order valence-electron chi connectivity index (χ4n) is 3.17. The third kappa shape index (κ3) is 6.60. The summed E-state index contributed by atoms with van der Waals surface area (Å²) in [5, 5.41) is 8.75. The molecule has 0 saturated carbocycles. The van der Waals surface area contributed by atoms with Crippen molar-refractivity contribution < 1.29 is 24.2 Å². The summed E-state index contributed by atoms with van der Waals surface area (Å²) in [5.41, 5.74) is 8.02. The van der Waals surface area contributed by atoms with E-state index >= 15 is 0 Å². The molecule has 31 heavy (non-hydrogen) atoms. The number of para-hydroxylation sites is 1. The van der Waals surface area contributed by atoms with Crippen LogP contribution in [0.4, 0.5) is 0 Å². The smallest absolute Gasteiger partial charge is 0.303 e. The number of carboxylic acids is 1. The van der Waals surface area contributed by atoms with Gasteiger partial charge in [0.1, 0.15) is 17.2 Å². The molecule has 3 rings (SSSR count). The van der Waals surface area contributed by atoms with Crippen molar-refractivity contribution in [1.82, 2.24) is 0 Å². The maximum Gasteiger partial charge on any atom is 0.303 e. The van der Waals surface area contributed by atoms with Gasteiger partial charge < -0.3 is 20.3 Å². The summed E-state index contributed by atoms with van der Waals surface area (Å²) < 4.78 is 12.0. The maximum absolute atomic E-state index is 11.4. The first-order valence-corrected chi connectivity index (χ1v) is 10.1. The van der Waals surface area contributed by atoms with Crippen LogP contribution in [0.15, 0.2) is 72.8 Å². The van der Waals surface area contributed by atoms with Gasteiger partial charge in [0, 0.05) is 23.6 Å². The van der Waals surface area contributed by atoms with Crippen LogP contribution in [0.1, 0.15) is 24.8 Å². The van der Waals surface area contributed by atoms with Gasteiger partial charge in [0.25, 0.3) is 0 Å². The highest BCUT2D eigenvalue weighted by molar-refractivity contribution is 5.77. The van der Waals surface area contributed by atoms with Crippen LogP contribution < -0.4 is 15.2 Å². The molecular weight excluding hydrogens is 394 g/mol. The Morgan fingerprint density at radius 3 is 2.35 bits per heavy atom. The molecule has 0 fully saturated rings. The fourth-order valence-corrected chi connectivity index (χ4v) is 3.17. The average molecular weight is 419 g/mol. The lowest BCUT2D eigenvalue weighted by Gasteiger charge is -2.15. The zero-order valence-electron chi connectivity index (χ0n) is 17.1. The van der Waals surface area contributed by atoms with E-state index in [1.165, 1.54) is 0 Å². The maximum atomic E-state index is 11.4. The molecule has 0 bridgehead atoms. The first-order valence-electron chi connectivity index (χ1n) is 10.1. The Kier molecular flexibility index (Phi) is 7.65. The molecule has 1 amide bonds. The molecule has 0 aliphatic carbocycles. The number of hydrogen-bond acceptors (Lipinski definition) is 4. The van der Waals surface area contributed by atoms with E-state index in [0.29, 0.717) is 42.3 Å². The molecule has 0 aliphatic heterocycles. The van der Waals surface area contributed by atoms with Gasteiger partial charge in [-0.05, 0) is 30.5 Å². The Hall–Kier alpha value is -3.80. The van der Waals surface area contributed by atoms with Crippen molar-refractivity contribution in [2.45, 2.75) is 25.7 Å². The summed E-state index contributed by atoms with van der Waals surface area (Å²) in [7, 11) is 0. The minimum absolute atomic E-state index is 0.0470. The number of rotatable bonds is 11. The number of carbonyl (C=O) groups is 2. The van der Waals surface area contributed by atoms with E-state index in [1.807, 2.05) is 54.6 Å². The normalized spacial score (nSPS) is 10.5. The SMILES string of the molecule is NC(=O)Cc1ccc(Oc2ccccc2-c2ccccc2)cc1OCCCCC(=O)O. The Balaban J connectivity index is 1.79. The van der Waals surface area contributed by atoms with Gasteiger partial charge in [-0.25, -0.2) is 0 Å². The number of benzene rings is 3. The number of hydrogen-bond donors (Lipinski definition) is 2. The van der Waals surface area contributed by atoms with Gasteiger partial charge in [-0.1, -0.05) is 54.6 Å². The molecule has 3 aromatic carbocycles. The molecule has 0 saturated heterocycles. The number of nitrogens with two attached hydrogens (primary N) is 1. The predicted molar refractivity (Wildman–Crippen MR) is 118 cm³/mol. The minimum atomic E-state index is -0.832. The Morgan fingerprint density at radius 1 is 0.871 bits per heavy atom. The van der Waals surface area contributed by atoms with Crippen molar-refractivity contribution in [3.05, 3.63) is 78.4 Å². The van der Waals surface area contributed by atoms with Gasteiger partial charge in [-0.15, -0.1) is 0 Å². The predicted octanol–water partition coefficient (Wildman–Crippen LogP) is 4.81. The second-order valence-corrected chi connectivity index (χ2v) is 7.08. The highest BCUT2D eigenvalue weighted by atomic mass is 16.5.